The number of alkyl carbamates (subject to hydrolysis) is 1. The second kappa shape index (κ2) is 14.5. The van der Waals surface area contributed by atoms with E-state index in [0.717, 1.165) is 32.1 Å². The summed E-state index contributed by atoms with van der Waals surface area (Å²) in [7, 11) is 0. The number of amides is 4. The van der Waals surface area contributed by atoms with Crippen LogP contribution in [0.15, 0.2) is 30.4 Å². The van der Waals surface area contributed by atoms with Crippen molar-refractivity contribution < 1.29 is 37.8 Å². The number of allylic oxidation sites excluding steroid dienone is 1. The molecule has 0 bridgehead atoms. The molecule has 0 radical (unpaired) electrons. The van der Waals surface area contributed by atoms with Crippen LogP contribution in [0.4, 0.5) is 14.0 Å². The molecule has 2 aromatic rings. The van der Waals surface area contributed by atoms with Gasteiger partial charge in [-0.2, -0.15) is 5.10 Å². The van der Waals surface area contributed by atoms with Crippen LogP contribution in [0.3, 0.4) is 0 Å². The summed E-state index contributed by atoms with van der Waals surface area (Å²) in [6.45, 7) is 5.26. The van der Waals surface area contributed by atoms with Gasteiger partial charge in [-0.1, -0.05) is 37.1 Å². The Labute approximate surface area is 307 Å². The number of hydrogen-bond donors (Lipinski definition) is 3. The number of hydrogen-bond acceptors (Lipinski definition) is 9. The molecule has 7 rings (SSSR count). The standard InChI is InChI=1S/C38H48FN7O7/c1-37(2,3)53-35(50)40-28-13-8-6-4-5-7-11-24-18-38(24,30(47)17-31-41-32(44-43-31)22-14-15-22)42-33(48)29-16-25(20-46(29)34(28)49)52-36(51)45-19-23-10-9-12-27(39)26(23)21-45/h7,9-12,22,24-25,28-29H,4-6,8,13-21H2,1-3H3,(H,40,50)(H,42,48)(H,41,43,44)/b11-7-/t24-,25-,28+,29+,38-/m1/s1. The van der Waals surface area contributed by atoms with Gasteiger partial charge in [-0.15, -0.1) is 0 Å². The Kier molecular flexibility index (Phi) is 10.0. The zero-order chi connectivity index (χ0) is 37.5. The largest absolute Gasteiger partial charge is 0.444 e. The summed E-state index contributed by atoms with van der Waals surface area (Å²) in [5.41, 5.74) is -0.904. The zero-order valence-electron chi connectivity index (χ0n) is 30.5. The first-order valence-electron chi connectivity index (χ1n) is 18.7. The normalized spacial score (nSPS) is 28.1. The molecule has 0 spiro atoms. The van der Waals surface area contributed by atoms with E-state index in [0.29, 0.717) is 48.0 Å². The Hall–Kier alpha value is -4.82. The number of carbonyl (C=O) groups excluding carboxylic acids is 5. The molecule has 0 unspecified atom stereocenters. The summed E-state index contributed by atoms with van der Waals surface area (Å²) in [6, 6.07) is 2.57. The molecule has 15 heteroatoms. The molecule has 3 N–H and O–H groups in total. The highest BCUT2D eigenvalue weighted by Gasteiger charge is 2.60. The Morgan fingerprint density at radius 2 is 1.91 bits per heavy atom. The van der Waals surface area contributed by atoms with Crippen LogP contribution in [0.1, 0.15) is 107 Å². The van der Waals surface area contributed by atoms with E-state index in [1.54, 1.807) is 32.9 Å². The fourth-order valence-corrected chi connectivity index (χ4v) is 7.64. The third-order valence-electron chi connectivity index (χ3n) is 10.7. The van der Waals surface area contributed by atoms with E-state index in [-0.39, 0.29) is 44.2 Å². The van der Waals surface area contributed by atoms with E-state index in [2.05, 4.69) is 25.8 Å². The molecule has 1 saturated heterocycles. The van der Waals surface area contributed by atoms with Crippen molar-refractivity contribution in [2.75, 3.05) is 6.54 Å². The van der Waals surface area contributed by atoms with E-state index in [1.807, 2.05) is 12.2 Å². The minimum Gasteiger partial charge on any atom is -0.444 e. The van der Waals surface area contributed by atoms with Gasteiger partial charge in [0, 0.05) is 30.4 Å². The first kappa shape index (κ1) is 36.5. The maximum atomic E-state index is 14.4. The van der Waals surface area contributed by atoms with E-state index in [1.165, 1.54) is 15.9 Å². The quantitative estimate of drug-likeness (QED) is 0.365. The fraction of sp³-hybridized carbons (Fsp3) is 0.605. The maximum Gasteiger partial charge on any atom is 0.410 e. The predicted octanol–water partition coefficient (Wildman–Crippen LogP) is 4.34. The highest BCUT2D eigenvalue weighted by Crippen LogP contribution is 2.47. The second-order valence-corrected chi connectivity index (χ2v) is 16.0. The first-order chi connectivity index (χ1) is 25.3. The van der Waals surface area contributed by atoms with Gasteiger partial charge in [0.05, 0.1) is 19.5 Å². The molecule has 1 aromatic heterocycles. The third kappa shape index (κ3) is 8.23. The number of rotatable bonds is 6. The highest BCUT2D eigenvalue weighted by atomic mass is 19.1. The number of halogens is 1. The molecule has 5 atom stereocenters. The molecular formula is C38H48FN7O7. The van der Waals surface area contributed by atoms with Crippen molar-refractivity contribution in [2.24, 2.45) is 5.92 Å². The number of fused-ring (bicyclic) bond motifs is 3. The lowest BCUT2D eigenvalue weighted by Crippen LogP contribution is -2.56. The smallest absolute Gasteiger partial charge is 0.410 e. The van der Waals surface area contributed by atoms with Gasteiger partial charge in [-0.05, 0) is 70.9 Å². The van der Waals surface area contributed by atoms with Crippen LogP contribution in [-0.2, 0) is 43.4 Å². The summed E-state index contributed by atoms with van der Waals surface area (Å²) in [5, 5.41) is 12.9. The summed E-state index contributed by atoms with van der Waals surface area (Å²) < 4.78 is 25.8. The molecule has 3 fully saturated rings. The molecule has 284 valence electrons. The van der Waals surface area contributed by atoms with Gasteiger partial charge < -0.3 is 25.0 Å². The minimum absolute atomic E-state index is 0.0325. The minimum atomic E-state index is -1.21. The van der Waals surface area contributed by atoms with E-state index < -0.39 is 59.1 Å². The molecule has 2 aliphatic carbocycles. The van der Waals surface area contributed by atoms with Gasteiger partial charge in [-0.3, -0.25) is 24.4 Å². The summed E-state index contributed by atoms with van der Waals surface area (Å²) in [4.78, 5) is 76.3. The van der Waals surface area contributed by atoms with Crippen LogP contribution < -0.4 is 10.6 Å². The predicted molar refractivity (Wildman–Crippen MR) is 187 cm³/mol. The number of carbonyl (C=O) groups is 5. The van der Waals surface area contributed by atoms with Gasteiger partial charge in [0.25, 0.3) is 0 Å². The highest BCUT2D eigenvalue weighted by molar-refractivity contribution is 6.00. The van der Waals surface area contributed by atoms with Gasteiger partial charge >= 0.3 is 12.2 Å². The van der Waals surface area contributed by atoms with Crippen LogP contribution in [0.5, 0.6) is 0 Å². The van der Waals surface area contributed by atoms with Crippen molar-refractivity contribution in [3.8, 4) is 0 Å². The SMILES string of the molecule is CC(C)(C)OC(=O)N[C@H]1CCCCC/C=C\[C@@H]2C[C@@]2(C(=O)Cc2nc(C3CC3)n[nH]2)NC(=O)[C@@H]2C[C@@H](OC(=O)N3Cc4cccc(F)c4C3)CN2C1=O. The molecule has 2 saturated carbocycles. The van der Waals surface area contributed by atoms with Crippen molar-refractivity contribution in [3.63, 3.8) is 0 Å². The molecule has 1 aromatic carbocycles. The second-order valence-electron chi connectivity index (χ2n) is 16.0. The number of aromatic amines is 1. The van der Waals surface area contributed by atoms with Crippen molar-refractivity contribution in [3.05, 3.63) is 58.9 Å². The van der Waals surface area contributed by atoms with Gasteiger partial charge in [0.2, 0.25) is 11.8 Å². The van der Waals surface area contributed by atoms with Crippen LogP contribution >= 0.6 is 0 Å². The number of ketones is 1. The van der Waals surface area contributed by atoms with E-state index in [4.69, 9.17) is 9.47 Å². The maximum absolute atomic E-state index is 14.4. The number of H-pyrrole nitrogens is 1. The Balaban J connectivity index is 1.12. The fourth-order valence-electron chi connectivity index (χ4n) is 7.64. The lowest BCUT2D eigenvalue weighted by molar-refractivity contribution is -0.141. The number of Topliss-reactive ketones (excluding diaryl/α,β-unsaturated/α-hetero) is 1. The van der Waals surface area contributed by atoms with Crippen LogP contribution in [0.2, 0.25) is 0 Å². The molecule has 53 heavy (non-hydrogen) atoms. The number of nitrogens with zero attached hydrogens (tertiary/aromatic N) is 4. The monoisotopic (exact) mass is 733 g/mol. The Morgan fingerprint density at radius 3 is 2.66 bits per heavy atom. The molecule has 14 nitrogen and oxygen atoms in total. The molecule has 4 amide bonds. The summed E-state index contributed by atoms with van der Waals surface area (Å²) >= 11 is 0. The van der Waals surface area contributed by atoms with Crippen LogP contribution in [-0.4, -0.2) is 90.6 Å². The average Bonchev–Trinajstić information content (AvgIpc) is 3.87. The van der Waals surface area contributed by atoms with Crippen molar-refractivity contribution in [1.82, 2.24) is 35.6 Å². The molecular weight excluding hydrogens is 685 g/mol. The first-order valence-corrected chi connectivity index (χ1v) is 18.7. The Bertz CT molecular complexity index is 1800. The molecule has 3 aliphatic heterocycles. The zero-order valence-corrected chi connectivity index (χ0v) is 30.5. The number of benzene rings is 1. The van der Waals surface area contributed by atoms with Gasteiger partial charge in [0.15, 0.2) is 11.6 Å². The average molecular weight is 734 g/mol. The number of aromatic nitrogens is 3. The van der Waals surface area contributed by atoms with E-state index in [9.17, 15) is 28.4 Å². The summed E-state index contributed by atoms with van der Waals surface area (Å²) in [6.07, 6.45) is 7.35. The topological polar surface area (TPSA) is 176 Å². The lowest BCUT2D eigenvalue weighted by Gasteiger charge is -2.30. The van der Waals surface area contributed by atoms with Gasteiger partial charge in [0.1, 0.15) is 41.0 Å². The number of nitrogens with one attached hydrogen (secondary N) is 3. The molecule has 5 aliphatic rings. The lowest BCUT2D eigenvalue weighted by atomic mass is 10.0. The van der Waals surface area contributed by atoms with Crippen LogP contribution in [0, 0.1) is 11.7 Å². The van der Waals surface area contributed by atoms with E-state index >= 15 is 0 Å². The van der Waals surface area contributed by atoms with Crippen LogP contribution in [0.25, 0.3) is 0 Å². The Morgan fingerprint density at radius 1 is 1.09 bits per heavy atom. The van der Waals surface area contributed by atoms with Crippen molar-refractivity contribution >= 4 is 29.8 Å². The van der Waals surface area contributed by atoms with Crippen molar-refractivity contribution in [1.29, 1.82) is 0 Å². The molecule has 4 heterocycles. The number of ether oxygens (including phenoxy) is 2. The van der Waals surface area contributed by atoms with Crippen molar-refractivity contribution in [2.45, 2.75) is 133 Å². The third-order valence-corrected chi connectivity index (χ3v) is 10.7. The van der Waals surface area contributed by atoms with Gasteiger partial charge in [-0.25, -0.2) is 19.0 Å². The summed E-state index contributed by atoms with van der Waals surface area (Å²) in [5.74, 6) is -0.484.